The number of nitrogens with zero attached hydrogens (tertiary/aromatic N) is 1. The smallest absolute Gasteiger partial charge is 0.234 e. The van der Waals surface area contributed by atoms with Gasteiger partial charge in [0.15, 0.2) is 0 Å². The van der Waals surface area contributed by atoms with Crippen LogP contribution in [0, 0.1) is 0 Å². The first-order chi connectivity index (χ1) is 9.29. The fraction of sp³-hybridized carbons (Fsp3) is 0.643. The van der Waals surface area contributed by atoms with E-state index in [1.54, 1.807) is 11.3 Å². The zero-order chi connectivity index (χ0) is 13.5. The predicted octanol–water partition coefficient (Wildman–Crippen LogP) is 1.60. The lowest BCUT2D eigenvalue weighted by Crippen LogP contribution is -2.46. The van der Waals surface area contributed by atoms with Gasteiger partial charge in [-0.1, -0.05) is 12.5 Å². The van der Waals surface area contributed by atoms with Gasteiger partial charge in [0, 0.05) is 24.1 Å². The maximum Gasteiger partial charge on any atom is 0.234 e. The Morgan fingerprint density at radius 3 is 2.95 bits per heavy atom. The summed E-state index contributed by atoms with van der Waals surface area (Å²) in [4.78, 5) is 15.3. The number of aliphatic hydroxyl groups is 1. The molecule has 106 valence electrons. The van der Waals surface area contributed by atoms with Gasteiger partial charge in [-0.2, -0.15) is 0 Å². The molecular formula is C14H22N2O2S. The lowest BCUT2D eigenvalue weighted by Gasteiger charge is -2.37. The van der Waals surface area contributed by atoms with Gasteiger partial charge in [-0.05, 0) is 30.7 Å². The zero-order valence-corrected chi connectivity index (χ0v) is 12.0. The Morgan fingerprint density at radius 2 is 2.37 bits per heavy atom. The number of carbonyl (C=O) groups excluding carboxylic acids is 1. The zero-order valence-electron chi connectivity index (χ0n) is 11.2. The molecule has 1 amide bonds. The molecule has 1 heterocycles. The first-order valence-electron chi connectivity index (χ1n) is 6.93. The van der Waals surface area contributed by atoms with Crippen LogP contribution in [0.25, 0.3) is 0 Å². The van der Waals surface area contributed by atoms with Crippen LogP contribution in [0.4, 0.5) is 0 Å². The molecule has 4 nitrogen and oxygen atoms in total. The molecule has 2 N–H and O–H groups in total. The van der Waals surface area contributed by atoms with Gasteiger partial charge < -0.3 is 10.4 Å². The van der Waals surface area contributed by atoms with E-state index < -0.39 is 0 Å². The van der Waals surface area contributed by atoms with E-state index in [1.165, 1.54) is 24.1 Å². The van der Waals surface area contributed by atoms with Gasteiger partial charge in [-0.3, -0.25) is 9.69 Å². The normalized spacial score (nSPS) is 15.5. The molecule has 19 heavy (non-hydrogen) atoms. The van der Waals surface area contributed by atoms with Crippen LogP contribution in [0.3, 0.4) is 0 Å². The standard InChI is InChI=1S/C14H22N2O2S/c17-8-3-7-16(12-4-1-5-12)11-14(18)15-10-13-6-2-9-19-13/h2,6,9,12,17H,1,3-5,7-8,10-11H2,(H,15,18). The van der Waals surface area contributed by atoms with Crippen LogP contribution >= 0.6 is 11.3 Å². The topological polar surface area (TPSA) is 52.6 Å². The van der Waals surface area contributed by atoms with Crippen molar-refractivity contribution in [3.8, 4) is 0 Å². The van der Waals surface area contributed by atoms with Crippen molar-refractivity contribution >= 4 is 17.2 Å². The average molecular weight is 282 g/mol. The van der Waals surface area contributed by atoms with E-state index in [-0.39, 0.29) is 12.5 Å². The summed E-state index contributed by atoms with van der Waals surface area (Å²) >= 11 is 1.66. The highest BCUT2D eigenvalue weighted by Crippen LogP contribution is 2.24. The summed E-state index contributed by atoms with van der Waals surface area (Å²) in [6, 6.07) is 4.56. The molecule has 1 aromatic rings. The number of aliphatic hydroxyl groups excluding tert-OH is 1. The maximum atomic E-state index is 11.9. The lowest BCUT2D eigenvalue weighted by molar-refractivity contribution is -0.123. The van der Waals surface area contributed by atoms with Crippen LogP contribution in [0.1, 0.15) is 30.6 Å². The van der Waals surface area contributed by atoms with Crippen LogP contribution in [-0.2, 0) is 11.3 Å². The lowest BCUT2D eigenvalue weighted by atomic mass is 9.91. The summed E-state index contributed by atoms with van der Waals surface area (Å²) in [6.45, 7) is 2.08. The highest BCUT2D eigenvalue weighted by molar-refractivity contribution is 7.09. The van der Waals surface area contributed by atoms with Crippen LogP contribution in [-0.4, -0.2) is 41.7 Å². The number of nitrogens with one attached hydrogen (secondary N) is 1. The average Bonchev–Trinajstić information content (AvgIpc) is 2.84. The number of hydrogen-bond donors (Lipinski definition) is 2. The molecule has 1 saturated carbocycles. The van der Waals surface area contributed by atoms with Gasteiger partial charge in [-0.25, -0.2) is 0 Å². The second kappa shape index (κ2) is 7.62. The Labute approximate surface area is 118 Å². The van der Waals surface area contributed by atoms with Gasteiger partial charge in [0.25, 0.3) is 0 Å². The van der Waals surface area contributed by atoms with E-state index in [0.29, 0.717) is 19.1 Å². The van der Waals surface area contributed by atoms with Gasteiger partial charge in [0.1, 0.15) is 0 Å². The molecule has 0 spiro atoms. The molecule has 0 atom stereocenters. The quantitative estimate of drug-likeness (QED) is 0.761. The predicted molar refractivity (Wildman–Crippen MR) is 77.1 cm³/mol. The van der Waals surface area contributed by atoms with Crippen molar-refractivity contribution in [3.63, 3.8) is 0 Å². The number of hydrogen-bond acceptors (Lipinski definition) is 4. The molecule has 0 unspecified atom stereocenters. The van der Waals surface area contributed by atoms with Gasteiger partial charge in [0.05, 0.1) is 13.1 Å². The molecule has 1 fully saturated rings. The molecule has 0 aliphatic heterocycles. The second-order valence-electron chi connectivity index (χ2n) is 4.99. The van der Waals surface area contributed by atoms with E-state index in [9.17, 15) is 4.79 Å². The number of amides is 1. The highest BCUT2D eigenvalue weighted by Gasteiger charge is 2.25. The van der Waals surface area contributed by atoms with Gasteiger partial charge in [0.2, 0.25) is 5.91 Å². The summed E-state index contributed by atoms with van der Waals surface area (Å²) in [6.07, 6.45) is 4.37. The fourth-order valence-corrected chi connectivity index (χ4v) is 2.90. The second-order valence-corrected chi connectivity index (χ2v) is 6.02. The minimum absolute atomic E-state index is 0.0817. The molecular weight excluding hydrogens is 260 g/mol. The van der Waals surface area contributed by atoms with Crippen molar-refractivity contribution in [2.24, 2.45) is 0 Å². The van der Waals surface area contributed by atoms with E-state index in [1.807, 2.05) is 17.5 Å². The summed E-state index contributed by atoms with van der Waals surface area (Å²) in [5.41, 5.74) is 0. The first-order valence-corrected chi connectivity index (χ1v) is 7.81. The van der Waals surface area contributed by atoms with Crippen LogP contribution < -0.4 is 5.32 Å². The molecule has 0 aromatic carbocycles. The number of thiophene rings is 1. The third-order valence-corrected chi connectivity index (χ3v) is 4.46. The molecule has 0 radical (unpaired) electrons. The van der Waals surface area contributed by atoms with Crippen molar-refractivity contribution < 1.29 is 9.90 Å². The summed E-state index contributed by atoms with van der Waals surface area (Å²) in [5.74, 6) is 0.0817. The molecule has 0 bridgehead atoms. The molecule has 2 rings (SSSR count). The Kier molecular flexibility index (Phi) is 5.82. The van der Waals surface area contributed by atoms with Crippen molar-refractivity contribution in [1.82, 2.24) is 10.2 Å². The molecule has 1 aliphatic rings. The third kappa shape index (κ3) is 4.60. The van der Waals surface area contributed by atoms with E-state index in [2.05, 4.69) is 10.2 Å². The number of rotatable bonds is 8. The maximum absolute atomic E-state index is 11.9. The Hall–Kier alpha value is -0.910. The SMILES string of the molecule is O=C(CN(CCCO)C1CCC1)NCc1cccs1. The summed E-state index contributed by atoms with van der Waals surface area (Å²) < 4.78 is 0. The van der Waals surface area contributed by atoms with Crippen molar-refractivity contribution in [2.45, 2.75) is 38.3 Å². The Morgan fingerprint density at radius 1 is 1.53 bits per heavy atom. The minimum Gasteiger partial charge on any atom is -0.396 e. The third-order valence-electron chi connectivity index (χ3n) is 3.58. The Bertz CT molecular complexity index is 377. The fourth-order valence-electron chi connectivity index (χ4n) is 2.26. The Balaban J connectivity index is 1.73. The van der Waals surface area contributed by atoms with Crippen molar-refractivity contribution in [3.05, 3.63) is 22.4 Å². The molecule has 5 heteroatoms. The van der Waals surface area contributed by atoms with E-state index in [0.717, 1.165) is 13.0 Å². The van der Waals surface area contributed by atoms with E-state index >= 15 is 0 Å². The first kappa shape index (κ1) is 14.5. The monoisotopic (exact) mass is 282 g/mol. The summed E-state index contributed by atoms with van der Waals surface area (Å²) in [7, 11) is 0. The van der Waals surface area contributed by atoms with E-state index in [4.69, 9.17) is 5.11 Å². The molecule has 0 saturated heterocycles. The van der Waals surface area contributed by atoms with Crippen molar-refractivity contribution in [1.29, 1.82) is 0 Å². The highest BCUT2D eigenvalue weighted by atomic mass is 32.1. The minimum atomic E-state index is 0.0817. The van der Waals surface area contributed by atoms with Gasteiger partial charge in [-0.15, -0.1) is 11.3 Å². The van der Waals surface area contributed by atoms with Crippen LogP contribution in [0.5, 0.6) is 0 Å². The largest absolute Gasteiger partial charge is 0.396 e. The molecule has 1 aromatic heterocycles. The number of carbonyl (C=O) groups is 1. The van der Waals surface area contributed by atoms with Crippen molar-refractivity contribution in [2.75, 3.05) is 19.7 Å². The molecule has 1 aliphatic carbocycles. The van der Waals surface area contributed by atoms with Gasteiger partial charge >= 0.3 is 0 Å². The summed E-state index contributed by atoms with van der Waals surface area (Å²) in [5, 5.41) is 13.9. The van der Waals surface area contributed by atoms with Crippen LogP contribution in [0.2, 0.25) is 0 Å². The van der Waals surface area contributed by atoms with Crippen LogP contribution in [0.15, 0.2) is 17.5 Å².